The van der Waals surface area contributed by atoms with E-state index in [0.717, 1.165) is 11.3 Å². The molecule has 0 amide bonds. The molecule has 110 valence electrons. The number of hydrogen-bond acceptors (Lipinski definition) is 6. The predicted molar refractivity (Wildman–Crippen MR) is 88.0 cm³/mol. The van der Waals surface area contributed by atoms with Crippen molar-refractivity contribution in [3.63, 3.8) is 0 Å². The van der Waals surface area contributed by atoms with Crippen LogP contribution in [-0.4, -0.2) is 21.2 Å². The fourth-order valence-corrected chi connectivity index (χ4v) is 2.26. The summed E-state index contributed by atoms with van der Waals surface area (Å²) >= 11 is 1.49. The molecule has 2 aromatic heterocycles. The first kappa shape index (κ1) is 14.3. The van der Waals surface area contributed by atoms with E-state index in [1.807, 2.05) is 24.5 Å². The van der Waals surface area contributed by atoms with Crippen LogP contribution in [0.5, 0.6) is 11.6 Å². The van der Waals surface area contributed by atoms with Crippen LogP contribution in [0.15, 0.2) is 60.0 Å². The lowest BCUT2D eigenvalue weighted by Gasteiger charge is -2.10. The molecule has 3 aromatic rings. The van der Waals surface area contributed by atoms with E-state index >= 15 is 0 Å². The summed E-state index contributed by atoms with van der Waals surface area (Å²) in [6, 6.07) is 12.8. The van der Waals surface area contributed by atoms with Gasteiger partial charge in [0, 0.05) is 18.1 Å². The van der Waals surface area contributed by atoms with Crippen LogP contribution in [0.3, 0.4) is 0 Å². The number of anilines is 1. The Balaban J connectivity index is 1.97. The van der Waals surface area contributed by atoms with E-state index in [4.69, 9.17) is 10.5 Å². The highest BCUT2D eigenvalue weighted by Crippen LogP contribution is 2.30. The summed E-state index contributed by atoms with van der Waals surface area (Å²) in [4.78, 5) is 13.0. The van der Waals surface area contributed by atoms with Crippen molar-refractivity contribution in [1.82, 2.24) is 15.0 Å². The van der Waals surface area contributed by atoms with Gasteiger partial charge in [-0.05, 0) is 48.7 Å². The van der Waals surface area contributed by atoms with Crippen LogP contribution in [0.1, 0.15) is 0 Å². The number of thioether (sulfide) groups is 1. The van der Waals surface area contributed by atoms with Crippen LogP contribution >= 0.6 is 11.8 Å². The molecule has 2 N–H and O–H groups in total. The Morgan fingerprint density at radius 2 is 1.82 bits per heavy atom. The molecule has 0 radical (unpaired) electrons. The number of benzene rings is 1. The Bertz CT molecular complexity index is 777. The second kappa shape index (κ2) is 6.44. The maximum atomic E-state index is 5.86. The average Bonchev–Trinajstić information content (AvgIpc) is 2.57. The zero-order valence-electron chi connectivity index (χ0n) is 11.9. The van der Waals surface area contributed by atoms with Gasteiger partial charge >= 0.3 is 0 Å². The zero-order chi connectivity index (χ0) is 15.4. The molecule has 22 heavy (non-hydrogen) atoms. The average molecular weight is 310 g/mol. The third-order valence-corrected chi connectivity index (χ3v) is 3.52. The standard InChI is InChI=1S/C16H14N4OS/c1-22-16-19-10-8-14(20-16)13-3-2-9-18-15(13)21-12-6-4-11(17)5-7-12/h2-10H,17H2,1H3. The third-order valence-electron chi connectivity index (χ3n) is 2.96. The molecule has 0 fully saturated rings. The summed E-state index contributed by atoms with van der Waals surface area (Å²) in [5.74, 6) is 1.17. The number of aromatic nitrogens is 3. The number of ether oxygens (including phenoxy) is 1. The maximum Gasteiger partial charge on any atom is 0.228 e. The molecule has 3 rings (SSSR count). The van der Waals surface area contributed by atoms with Crippen LogP contribution < -0.4 is 10.5 Å². The molecular weight excluding hydrogens is 296 g/mol. The fourth-order valence-electron chi connectivity index (χ4n) is 1.90. The van der Waals surface area contributed by atoms with Gasteiger partial charge < -0.3 is 10.5 Å². The Labute approximate surface area is 132 Å². The van der Waals surface area contributed by atoms with Crippen molar-refractivity contribution in [2.24, 2.45) is 0 Å². The molecule has 6 heteroatoms. The third kappa shape index (κ3) is 3.17. The molecular formula is C16H14N4OS. The van der Waals surface area contributed by atoms with Crippen molar-refractivity contribution in [3.05, 3.63) is 54.9 Å². The van der Waals surface area contributed by atoms with Gasteiger partial charge in [0.25, 0.3) is 0 Å². The molecule has 1 aromatic carbocycles. The van der Waals surface area contributed by atoms with Crippen LogP contribution in [0, 0.1) is 0 Å². The number of nitrogens with two attached hydrogens (primary N) is 1. The quantitative estimate of drug-likeness (QED) is 0.450. The molecule has 2 heterocycles. The Kier molecular flexibility index (Phi) is 4.20. The van der Waals surface area contributed by atoms with E-state index in [1.54, 1.807) is 36.7 Å². The van der Waals surface area contributed by atoms with E-state index in [0.29, 0.717) is 22.5 Å². The summed E-state index contributed by atoms with van der Waals surface area (Å²) in [5, 5.41) is 0.708. The second-order valence-corrected chi connectivity index (χ2v) is 5.23. The smallest absolute Gasteiger partial charge is 0.228 e. The van der Waals surface area contributed by atoms with Crippen molar-refractivity contribution < 1.29 is 4.74 Å². The second-order valence-electron chi connectivity index (χ2n) is 4.46. The number of hydrogen-bond donors (Lipinski definition) is 1. The highest BCUT2D eigenvalue weighted by atomic mass is 32.2. The number of nitrogen functional groups attached to an aromatic ring is 1. The van der Waals surface area contributed by atoms with Gasteiger partial charge in [0.15, 0.2) is 5.16 Å². The molecule has 0 aliphatic heterocycles. The summed E-state index contributed by atoms with van der Waals surface area (Å²) in [6.45, 7) is 0. The lowest BCUT2D eigenvalue weighted by Crippen LogP contribution is -1.95. The van der Waals surface area contributed by atoms with E-state index in [-0.39, 0.29) is 0 Å². The van der Waals surface area contributed by atoms with Gasteiger partial charge in [0.1, 0.15) is 5.75 Å². The number of rotatable bonds is 4. The molecule has 0 aliphatic carbocycles. The van der Waals surface area contributed by atoms with Gasteiger partial charge in [-0.15, -0.1) is 0 Å². The first-order valence-corrected chi connectivity index (χ1v) is 7.84. The topological polar surface area (TPSA) is 73.9 Å². The van der Waals surface area contributed by atoms with Crippen molar-refractivity contribution in [2.45, 2.75) is 5.16 Å². The monoisotopic (exact) mass is 310 g/mol. The van der Waals surface area contributed by atoms with Crippen molar-refractivity contribution in [2.75, 3.05) is 12.0 Å². The molecule has 0 saturated carbocycles. The van der Waals surface area contributed by atoms with Gasteiger partial charge in [-0.25, -0.2) is 15.0 Å². The van der Waals surface area contributed by atoms with Gasteiger partial charge in [0.05, 0.1) is 11.3 Å². The first-order valence-electron chi connectivity index (χ1n) is 6.62. The fraction of sp³-hybridized carbons (Fsp3) is 0.0625. The first-order chi connectivity index (χ1) is 10.8. The predicted octanol–water partition coefficient (Wildman–Crippen LogP) is 3.64. The number of nitrogens with zero attached hydrogens (tertiary/aromatic N) is 3. The van der Waals surface area contributed by atoms with Crippen molar-refractivity contribution >= 4 is 17.4 Å². The molecule has 0 bridgehead atoms. The maximum absolute atomic E-state index is 5.86. The molecule has 5 nitrogen and oxygen atoms in total. The van der Waals surface area contributed by atoms with Crippen LogP contribution in [0.4, 0.5) is 5.69 Å². The minimum Gasteiger partial charge on any atom is -0.438 e. The Morgan fingerprint density at radius 1 is 1.00 bits per heavy atom. The zero-order valence-corrected chi connectivity index (χ0v) is 12.7. The highest BCUT2D eigenvalue weighted by Gasteiger charge is 2.10. The molecule has 0 spiro atoms. The lowest BCUT2D eigenvalue weighted by atomic mass is 10.2. The Hall–Kier alpha value is -2.60. The van der Waals surface area contributed by atoms with Gasteiger partial charge in [-0.2, -0.15) is 0 Å². The SMILES string of the molecule is CSc1nccc(-c2cccnc2Oc2ccc(N)cc2)n1. The molecule has 0 saturated heterocycles. The molecule has 0 unspecified atom stereocenters. The van der Waals surface area contributed by atoms with Crippen LogP contribution in [0.2, 0.25) is 0 Å². The van der Waals surface area contributed by atoms with E-state index in [2.05, 4.69) is 15.0 Å². The Morgan fingerprint density at radius 3 is 2.59 bits per heavy atom. The minimum atomic E-state index is 0.498. The van der Waals surface area contributed by atoms with Gasteiger partial charge in [-0.1, -0.05) is 11.8 Å². The van der Waals surface area contributed by atoms with Gasteiger partial charge in [-0.3, -0.25) is 0 Å². The highest BCUT2D eigenvalue weighted by molar-refractivity contribution is 7.98. The van der Waals surface area contributed by atoms with E-state index < -0.39 is 0 Å². The number of pyridine rings is 1. The molecule has 0 aliphatic rings. The normalized spacial score (nSPS) is 10.4. The van der Waals surface area contributed by atoms with Crippen LogP contribution in [-0.2, 0) is 0 Å². The minimum absolute atomic E-state index is 0.498. The summed E-state index contributed by atoms with van der Waals surface area (Å²) in [7, 11) is 0. The van der Waals surface area contributed by atoms with E-state index in [1.165, 1.54) is 11.8 Å². The summed E-state index contributed by atoms with van der Waals surface area (Å²) < 4.78 is 5.86. The largest absolute Gasteiger partial charge is 0.438 e. The van der Waals surface area contributed by atoms with Crippen molar-refractivity contribution in [3.8, 4) is 22.9 Å². The lowest BCUT2D eigenvalue weighted by molar-refractivity contribution is 0.465. The van der Waals surface area contributed by atoms with Gasteiger partial charge in [0.2, 0.25) is 5.88 Å². The van der Waals surface area contributed by atoms with Crippen molar-refractivity contribution in [1.29, 1.82) is 0 Å². The van der Waals surface area contributed by atoms with E-state index in [9.17, 15) is 0 Å². The molecule has 0 atom stereocenters. The summed E-state index contributed by atoms with van der Waals surface area (Å²) in [5.41, 5.74) is 7.96. The summed E-state index contributed by atoms with van der Waals surface area (Å²) in [6.07, 6.45) is 5.36. The van der Waals surface area contributed by atoms with Crippen LogP contribution in [0.25, 0.3) is 11.3 Å².